The Kier molecular flexibility index (Phi) is 4.25. The minimum atomic E-state index is 0.271. The molecule has 4 aliphatic rings. The summed E-state index contributed by atoms with van der Waals surface area (Å²) >= 11 is 12.0. The lowest BCUT2D eigenvalue weighted by atomic mass is 9.48. The molecule has 2 nitrogen and oxygen atoms in total. The van der Waals surface area contributed by atoms with E-state index in [9.17, 15) is 5.11 Å². The number of phenols is 1. The summed E-state index contributed by atoms with van der Waals surface area (Å²) in [5.74, 6) is 2.97. The first-order valence-corrected chi connectivity index (χ1v) is 10.6. The van der Waals surface area contributed by atoms with Crippen molar-refractivity contribution < 1.29 is 5.11 Å². The summed E-state index contributed by atoms with van der Waals surface area (Å²) in [4.78, 5) is 4.50. The van der Waals surface area contributed by atoms with Gasteiger partial charge in [-0.3, -0.25) is 4.99 Å². The van der Waals surface area contributed by atoms with Gasteiger partial charge in [-0.05, 0) is 97.6 Å². The van der Waals surface area contributed by atoms with E-state index >= 15 is 0 Å². The average molecular weight is 400 g/mol. The minimum Gasteiger partial charge on any atom is -0.507 e. The zero-order chi connectivity index (χ0) is 18.6. The number of aromatic hydroxyl groups is 1. The summed E-state index contributed by atoms with van der Waals surface area (Å²) < 4.78 is 0. The molecular formula is C23H23Cl2NO. The van der Waals surface area contributed by atoms with Crippen LogP contribution in [0.3, 0.4) is 0 Å². The number of rotatable bonds is 3. The van der Waals surface area contributed by atoms with Crippen molar-refractivity contribution in [2.24, 2.45) is 22.7 Å². The van der Waals surface area contributed by atoms with Crippen LogP contribution < -0.4 is 0 Å². The van der Waals surface area contributed by atoms with Gasteiger partial charge < -0.3 is 5.11 Å². The van der Waals surface area contributed by atoms with E-state index in [2.05, 4.69) is 17.1 Å². The maximum Gasteiger partial charge on any atom is 0.124 e. The molecule has 1 N–H and O–H groups in total. The minimum absolute atomic E-state index is 0.271. The molecule has 0 unspecified atom stereocenters. The third kappa shape index (κ3) is 3.17. The van der Waals surface area contributed by atoms with Gasteiger partial charge >= 0.3 is 0 Å². The maximum absolute atomic E-state index is 10.4. The van der Waals surface area contributed by atoms with Crippen molar-refractivity contribution in [3.8, 4) is 5.75 Å². The molecule has 0 atom stereocenters. The van der Waals surface area contributed by atoms with Gasteiger partial charge in [-0.2, -0.15) is 0 Å². The van der Waals surface area contributed by atoms with Crippen LogP contribution in [0.25, 0.3) is 0 Å². The Morgan fingerprint density at radius 1 is 0.889 bits per heavy atom. The Balaban J connectivity index is 1.46. The van der Waals surface area contributed by atoms with Crippen LogP contribution >= 0.6 is 23.2 Å². The highest BCUT2D eigenvalue weighted by molar-refractivity contribution is 6.42. The molecule has 6 rings (SSSR count). The van der Waals surface area contributed by atoms with Gasteiger partial charge in [0.1, 0.15) is 5.75 Å². The topological polar surface area (TPSA) is 32.6 Å². The molecule has 0 aliphatic heterocycles. The lowest BCUT2D eigenvalue weighted by Gasteiger charge is -2.57. The second kappa shape index (κ2) is 6.53. The van der Waals surface area contributed by atoms with Gasteiger partial charge in [0, 0.05) is 11.8 Å². The Hall–Kier alpha value is -1.51. The van der Waals surface area contributed by atoms with Crippen LogP contribution in [-0.4, -0.2) is 11.3 Å². The SMILES string of the molecule is Oc1ccc(C23CC4CC(CC(C4)C2)C3)cc1C=Nc1ccc(Cl)c(Cl)c1. The molecule has 2 aromatic rings. The second-order valence-corrected chi connectivity index (χ2v) is 9.64. The van der Waals surface area contributed by atoms with Gasteiger partial charge in [0.05, 0.1) is 15.7 Å². The summed E-state index contributed by atoms with van der Waals surface area (Å²) in [6.07, 6.45) is 9.97. The molecule has 4 heteroatoms. The van der Waals surface area contributed by atoms with Crippen LogP contribution in [0.2, 0.25) is 10.0 Å². The van der Waals surface area contributed by atoms with Gasteiger partial charge in [-0.25, -0.2) is 0 Å². The molecule has 0 saturated heterocycles. The maximum atomic E-state index is 10.4. The van der Waals surface area contributed by atoms with Crippen LogP contribution in [0.1, 0.15) is 49.7 Å². The lowest BCUT2D eigenvalue weighted by Crippen LogP contribution is -2.48. The molecule has 27 heavy (non-hydrogen) atoms. The zero-order valence-electron chi connectivity index (χ0n) is 15.2. The van der Waals surface area contributed by atoms with Crippen LogP contribution in [0.4, 0.5) is 5.69 Å². The quantitative estimate of drug-likeness (QED) is 0.558. The van der Waals surface area contributed by atoms with Crippen molar-refractivity contribution in [3.63, 3.8) is 0 Å². The van der Waals surface area contributed by atoms with E-state index in [4.69, 9.17) is 23.2 Å². The molecule has 0 amide bonds. The first kappa shape index (κ1) is 17.6. The van der Waals surface area contributed by atoms with E-state index in [0.29, 0.717) is 15.5 Å². The van der Waals surface area contributed by atoms with Gasteiger partial charge in [-0.15, -0.1) is 0 Å². The third-order valence-electron chi connectivity index (χ3n) is 6.93. The monoisotopic (exact) mass is 399 g/mol. The van der Waals surface area contributed by atoms with E-state index < -0.39 is 0 Å². The van der Waals surface area contributed by atoms with Gasteiger partial charge in [0.25, 0.3) is 0 Å². The number of nitrogens with zero attached hydrogens (tertiary/aromatic N) is 1. The predicted molar refractivity (Wildman–Crippen MR) is 112 cm³/mol. The molecule has 2 aromatic carbocycles. The molecule has 0 heterocycles. The van der Waals surface area contributed by atoms with Gasteiger partial charge in [-0.1, -0.05) is 29.3 Å². The van der Waals surface area contributed by atoms with Gasteiger partial charge in [0.15, 0.2) is 0 Å². The van der Waals surface area contributed by atoms with E-state index in [1.54, 1.807) is 18.3 Å². The molecule has 0 spiro atoms. The van der Waals surface area contributed by atoms with Crippen molar-refractivity contribution in [1.82, 2.24) is 0 Å². The van der Waals surface area contributed by atoms with Crippen molar-refractivity contribution in [1.29, 1.82) is 0 Å². The molecular weight excluding hydrogens is 377 g/mol. The molecule has 4 fully saturated rings. The van der Waals surface area contributed by atoms with E-state index in [1.165, 1.54) is 44.1 Å². The average Bonchev–Trinajstić information content (AvgIpc) is 2.62. The van der Waals surface area contributed by atoms with E-state index in [-0.39, 0.29) is 5.75 Å². The standard InChI is InChI=1S/C23H23Cl2NO/c24-20-3-2-19(9-21(20)25)26-13-17-8-18(1-4-22(17)27)23-10-14-5-15(11-23)7-16(6-14)12-23/h1-4,8-9,13-16,27H,5-7,10-12H2. The largest absolute Gasteiger partial charge is 0.507 e. The summed E-state index contributed by atoms with van der Waals surface area (Å²) in [6.45, 7) is 0. The first-order valence-electron chi connectivity index (χ1n) is 9.83. The van der Waals surface area contributed by atoms with Crippen LogP contribution in [0.15, 0.2) is 41.4 Å². The van der Waals surface area contributed by atoms with Crippen LogP contribution in [0, 0.1) is 17.8 Å². The normalized spacial score (nSPS) is 31.7. The van der Waals surface area contributed by atoms with Crippen LogP contribution in [0.5, 0.6) is 5.75 Å². The zero-order valence-corrected chi connectivity index (χ0v) is 16.7. The number of aliphatic imine (C=N–C) groups is 1. The summed E-state index contributed by atoms with van der Waals surface area (Å²) in [5, 5.41) is 11.4. The highest BCUT2D eigenvalue weighted by Gasteiger charge is 2.51. The number of hydrogen-bond donors (Lipinski definition) is 1. The van der Waals surface area contributed by atoms with E-state index in [0.717, 1.165) is 29.0 Å². The fourth-order valence-electron chi connectivity index (χ4n) is 6.16. The second-order valence-electron chi connectivity index (χ2n) is 8.83. The molecule has 140 valence electrons. The summed E-state index contributed by atoms with van der Waals surface area (Å²) in [5.41, 5.74) is 3.20. The van der Waals surface area contributed by atoms with Crippen molar-refractivity contribution in [3.05, 3.63) is 57.6 Å². The fraction of sp³-hybridized carbons (Fsp3) is 0.435. The number of phenolic OH excluding ortho intramolecular Hbond substituents is 1. The molecule has 4 aliphatic carbocycles. The Labute approximate surface area is 170 Å². The van der Waals surface area contributed by atoms with Crippen molar-refractivity contribution in [2.45, 2.75) is 43.9 Å². The molecule has 0 aromatic heterocycles. The fourth-order valence-corrected chi connectivity index (χ4v) is 6.45. The smallest absolute Gasteiger partial charge is 0.124 e. The molecule has 4 bridgehead atoms. The number of hydrogen-bond acceptors (Lipinski definition) is 2. The highest BCUT2D eigenvalue weighted by atomic mass is 35.5. The number of benzene rings is 2. The predicted octanol–water partition coefficient (Wildman–Crippen LogP) is 6.92. The van der Waals surface area contributed by atoms with Crippen molar-refractivity contribution >= 4 is 35.1 Å². The first-order chi connectivity index (χ1) is 13.0. The third-order valence-corrected chi connectivity index (χ3v) is 7.67. The van der Waals surface area contributed by atoms with E-state index in [1.807, 2.05) is 12.1 Å². The highest BCUT2D eigenvalue weighted by Crippen LogP contribution is 2.60. The van der Waals surface area contributed by atoms with Crippen LogP contribution in [-0.2, 0) is 5.41 Å². The molecule has 4 saturated carbocycles. The molecule has 0 radical (unpaired) electrons. The lowest BCUT2D eigenvalue weighted by molar-refractivity contribution is -0.00520. The number of halogens is 2. The summed E-state index contributed by atoms with van der Waals surface area (Å²) in [7, 11) is 0. The van der Waals surface area contributed by atoms with Crippen molar-refractivity contribution in [2.75, 3.05) is 0 Å². The Morgan fingerprint density at radius 3 is 2.19 bits per heavy atom. The summed E-state index contributed by atoms with van der Waals surface area (Å²) in [6, 6.07) is 11.4. The van der Waals surface area contributed by atoms with Gasteiger partial charge in [0.2, 0.25) is 0 Å². The Bertz CT molecular complexity index is 885. The Morgan fingerprint density at radius 2 is 1.56 bits per heavy atom.